The molecule has 1 aromatic carbocycles. The quantitative estimate of drug-likeness (QED) is 0.820. The van der Waals surface area contributed by atoms with Crippen LogP contribution in [-0.4, -0.2) is 29.2 Å². The third-order valence-corrected chi connectivity index (χ3v) is 4.10. The third kappa shape index (κ3) is 1.66. The number of nitrogens with zero attached hydrogens (tertiary/aromatic N) is 1. The first-order valence-corrected chi connectivity index (χ1v) is 6.30. The maximum Gasteiger partial charge on any atom is 0.0564 e. The summed E-state index contributed by atoms with van der Waals surface area (Å²) in [6.07, 6.45) is 4.38. The minimum absolute atomic E-state index is 0.0668. The molecule has 0 bridgehead atoms. The van der Waals surface area contributed by atoms with Crippen molar-refractivity contribution in [1.82, 2.24) is 4.90 Å². The Hall–Kier alpha value is -0.860. The number of aliphatic hydroxyl groups excluding tert-OH is 1. The molecule has 1 saturated heterocycles. The van der Waals surface area contributed by atoms with E-state index in [0.29, 0.717) is 5.54 Å². The van der Waals surface area contributed by atoms with Crippen LogP contribution in [0.2, 0.25) is 0 Å². The predicted molar refractivity (Wildman–Crippen MR) is 64.2 cm³/mol. The molecular formula is C14H19NO. The summed E-state index contributed by atoms with van der Waals surface area (Å²) in [6.45, 7) is 2.10. The van der Waals surface area contributed by atoms with Crippen LogP contribution in [0.3, 0.4) is 0 Å². The van der Waals surface area contributed by atoms with E-state index in [0.717, 1.165) is 25.9 Å². The van der Waals surface area contributed by atoms with Crippen molar-refractivity contribution in [2.24, 2.45) is 0 Å². The van der Waals surface area contributed by atoms with Crippen molar-refractivity contribution in [3.05, 3.63) is 35.9 Å². The Morgan fingerprint density at radius 3 is 2.25 bits per heavy atom. The second kappa shape index (κ2) is 3.86. The lowest BCUT2D eigenvalue weighted by atomic mass is 9.99. The third-order valence-electron chi connectivity index (χ3n) is 4.10. The van der Waals surface area contributed by atoms with Gasteiger partial charge in [-0.05, 0) is 31.2 Å². The molecule has 3 rings (SSSR count). The molecule has 16 heavy (non-hydrogen) atoms. The number of rotatable bonds is 2. The normalized spacial score (nSPS) is 25.6. The van der Waals surface area contributed by atoms with Gasteiger partial charge in [0.15, 0.2) is 0 Å². The Balaban J connectivity index is 1.79. The monoisotopic (exact) mass is 217 g/mol. The van der Waals surface area contributed by atoms with Crippen LogP contribution in [0.4, 0.5) is 0 Å². The molecule has 0 unspecified atom stereocenters. The summed E-state index contributed by atoms with van der Waals surface area (Å²) in [4.78, 5) is 2.58. The van der Waals surface area contributed by atoms with Gasteiger partial charge in [0, 0.05) is 18.6 Å². The summed E-state index contributed by atoms with van der Waals surface area (Å²) in [5.74, 6) is 0. The van der Waals surface area contributed by atoms with Crippen LogP contribution in [-0.2, 0) is 5.54 Å². The molecule has 1 aromatic rings. The van der Waals surface area contributed by atoms with Gasteiger partial charge in [-0.1, -0.05) is 30.3 Å². The van der Waals surface area contributed by atoms with E-state index in [4.69, 9.17) is 0 Å². The van der Waals surface area contributed by atoms with E-state index in [1.807, 2.05) is 0 Å². The summed E-state index contributed by atoms with van der Waals surface area (Å²) >= 11 is 0. The van der Waals surface area contributed by atoms with E-state index in [1.54, 1.807) is 0 Å². The van der Waals surface area contributed by atoms with Gasteiger partial charge in [0.25, 0.3) is 0 Å². The number of hydrogen-bond acceptors (Lipinski definition) is 2. The van der Waals surface area contributed by atoms with Crippen molar-refractivity contribution in [2.45, 2.75) is 37.3 Å². The molecule has 2 aliphatic rings. The highest BCUT2D eigenvalue weighted by atomic mass is 16.3. The summed E-state index contributed by atoms with van der Waals surface area (Å²) in [5, 5.41) is 9.56. The fraction of sp³-hybridized carbons (Fsp3) is 0.571. The number of hydrogen-bond donors (Lipinski definition) is 1. The van der Waals surface area contributed by atoms with Crippen LogP contribution in [0.1, 0.15) is 31.2 Å². The zero-order chi connectivity index (χ0) is 11.0. The van der Waals surface area contributed by atoms with E-state index in [1.165, 1.54) is 18.4 Å². The van der Waals surface area contributed by atoms with E-state index < -0.39 is 0 Å². The predicted octanol–water partition coefficient (Wildman–Crippen LogP) is 2.13. The minimum atomic E-state index is -0.0668. The van der Waals surface area contributed by atoms with Crippen molar-refractivity contribution in [3.63, 3.8) is 0 Å². The largest absolute Gasteiger partial charge is 0.393 e. The fourth-order valence-corrected chi connectivity index (χ4v) is 2.95. The first-order chi connectivity index (χ1) is 7.81. The maximum atomic E-state index is 9.56. The van der Waals surface area contributed by atoms with E-state index in [-0.39, 0.29) is 6.10 Å². The van der Waals surface area contributed by atoms with E-state index >= 15 is 0 Å². The highest BCUT2D eigenvalue weighted by molar-refractivity contribution is 5.30. The molecule has 86 valence electrons. The molecule has 1 aliphatic heterocycles. The van der Waals surface area contributed by atoms with Crippen molar-refractivity contribution in [2.75, 3.05) is 13.1 Å². The van der Waals surface area contributed by atoms with Gasteiger partial charge in [-0.3, -0.25) is 4.90 Å². The van der Waals surface area contributed by atoms with Crippen LogP contribution < -0.4 is 0 Å². The standard InChI is InChI=1S/C14H19NO/c16-13-6-10-15(11-7-13)14(8-9-14)12-4-2-1-3-5-12/h1-5,13,16H,6-11H2. The van der Waals surface area contributed by atoms with Gasteiger partial charge in [0.1, 0.15) is 0 Å². The van der Waals surface area contributed by atoms with Crippen LogP contribution in [0.15, 0.2) is 30.3 Å². The van der Waals surface area contributed by atoms with Gasteiger partial charge in [-0.15, -0.1) is 0 Å². The number of aliphatic hydroxyl groups is 1. The molecule has 2 heteroatoms. The summed E-state index contributed by atoms with van der Waals surface area (Å²) < 4.78 is 0. The second-order valence-corrected chi connectivity index (χ2v) is 5.12. The smallest absolute Gasteiger partial charge is 0.0564 e. The number of piperidine rings is 1. The highest BCUT2D eigenvalue weighted by Crippen LogP contribution is 2.51. The summed E-state index contributed by atoms with van der Waals surface area (Å²) in [7, 11) is 0. The van der Waals surface area contributed by atoms with E-state index in [9.17, 15) is 5.11 Å². The number of likely N-dealkylation sites (tertiary alicyclic amines) is 1. The van der Waals surface area contributed by atoms with Crippen molar-refractivity contribution in [1.29, 1.82) is 0 Å². The molecule has 0 aromatic heterocycles. The van der Waals surface area contributed by atoms with Gasteiger partial charge >= 0.3 is 0 Å². The van der Waals surface area contributed by atoms with Gasteiger partial charge in [0.05, 0.1) is 6.10 Å². The molecule has 1 heterocycles. The van der Waals surface area contributed by atoms with Gasteiger partial charge in [-0.25, -0.2) is 0 Å². The lowest BCUT2D eigenvalue weighted by molar-refractivity contribution is 0.0522. The highest BCUT2D eigenvalue weighted by Gasteiger charge is 2.49. The molecule has 0 spiro atoms. The van der Waals surface area contributed by atoms with Crippen LogP contribution in [0.5, 0.6) is 0 Å². The van der Waals surface area contributed by atoms with Gasteiger partial charge in [-0.2, -0.15) is 0 Å². The Bertz CT molecular complexity index is 350. The Labute approximate surface area is 96.9 Å². The first-order valence-electron chi connectivity index (χ1n) is 6.30. The fourth-order valence-electron chi connectivity index (χ4n) is 2.95. The SMILES string of the molecule is OC1CCN(C2(c3ccccc3)CC2)CC1. The van der Waals surface area contributed by atoms with Crippen molar-refractivity contribution >= 4 is 0 Å². The molecule has 0 amide bonds. The van der Waals surface area contributed by atoms with Crippen LogP contribution >= 0.6 is 0 Å². The lowest BCUT2D eigenvalue weighted by Gasteiger charge is -2.37. The van der Waals surface area contributed by atoms with Crippen molar-refractivity contribution in [3.8, 4) is 0 Å². The summed E-state index contributed by atoms with van der Waals surface area (Å²) in [6, 6.07) is 10.8. The average molecular weight is 217 g/mol. The first kappa shape index (κ1) is 10.3. The number of benzene rings is 1. The maximum absolute atomic E-state index is 9.56. The van der Waals surface area contributed by atoms with Gasteiger partial charge < -0.3 is 5.11 Å². The second-order valence-electron chi connectivity index (χ2n) is 5.12. The molecule has 0 atom stereocenters. The summed E-state index contributed by atoms with van der Waals surface area (Å²) in [5.41, 5.74) is 1.79. The molecule has 1 N–H and O–H groups in total. The zero-order valence-electron chi connectivity index (χ0n) is 9.60. The van der Waals surface area contributed by atoms with Crippen LogP contribution in [0, 0.1) is 0 Å². The molecule has 1 saturated carbocycles. The molecular weight excluding hydrogens is 198 g/mol. The Morgan fingerprint density at radius 2 is 1.69 bits per heavy atom. The Kier molecular flexibility index (Phi) is 2.49. The van der Waals surface area contributed by atoms with Gasteiger partial charge in [0.2, 0.25) is 0 Å². The topological polar surface area (TPSA) is 23.5 Å². The van der Waals surface area contributed by atoms with Crippen molar-refractivity contribution < 1.29 is 5.11 Å². The molecule has 2 fully saturated rings. The minimum Gasteiger partial charge on any atom is -0.393 e. The molecule has 2 nitrogen and oxygen atoms in total. The van der Waals surface area contributed by atoms with E-state index in [2.05, 4.69) is 35.2 Å². The van der Waals surface area contributed by atoms with Crippen LogP contribution in [0.25, 0.3) is 0 Å². The average Bonchev–Trinajstić information content (AvgIpc) is 3.13. The Morgan fingerprint density at radius 1 is 1.06 bits per heavy atom. The zero-order valence-corrected chi connectivity index (χ0v) is 9.60. The lowest BCUT2D eigenvalue weighted by Crippen LogP contribution is -2.42. The molecule has 0 radical (unpaired) electrons. The molecule has 1 aliphatic carbocycles.